The maximum Gasteiger partial charge on any atom is 0.294 e. The van der Waals surface area contributed by atoms with E-state index >= 15 is 0 Å². The van der Waals surface area contributed by atoms with Gasteiger partial charge >= 0.3 is 0 Å². The SMILES string of the molecule is Cc1ncoc1C(=O)Nc1nn(CCC(C)(C)O)c2ncc(-c3cc(F)c4c(c3)OCO4)cc12. The number of aryl methyl sites for hydroxylation is 2. The number of hydrogen-bond acceptors (Lipinski definition) is 8. The Morgan fingerprint density at radius 2 is 2.06 bits per heavy atom. The van der Waals surface area contributed by atoms with Crippen LogP contribution >= 0.6 is 0 Å². The van der Waals surface area contributed by atoms with Gasteiger partial charge in [-0.05, 0) is 51.0 Å². The molecule has 0 unspecified atom stereocenters. The number of hydrogen-bond donors (Lipinski definition) is 2. The molecule has 0 bridgehead atoms. The normalized spacial score (nSPS) is 13.0. The van der Waals surface area contributed by atoms with Gasteiger partial charge in [0.2, 0.25) is 18.3 Å². The first-order valence-corrected chi connectivity index (χ1v) is 10.6. The van der Waals surface area contributed by atoms with Crippen molar-refractivity contribution in [2.45, 2.75) is 39.3 Å². The molecular weight excluding hydrogens is 445 g/mol. The molecule has 0 saturated carbocycles. The molecule has 0 fully saturated rings. The summed E-state index contributed by atoms with van der Waals surface area (Å²) in [6.45, 7) is 5.38. The number of ether oxygens (including phenoxy) is 2. The number of halogens is 1. The Morgan fingerprint density at radius 1 is 1.24 bits per heavy atom. The van der Waals surface area contributed by atoms with E-state index in [-0.39, 0.29) is 24.1 Å². The van der Waals surface area contributed by atoms with Gasteiger partial charge in [-0.2, -0.15) is 5.10 Å². The van der Waals surface area contributed by atoms with E-state index in [1.165, 1.54) is 12.5 Å². The third kappa shape index (κ3) is 4.05. The molecule has 0 aliphatic carbocycles. The van der Waals surface area contributed by atoms with E-state index < -0.39 is 17.3 Å². The van der Waals surface area contributed by atoms with Crippen LogP contribution in [0.3, 0.4) is 0 Å². The van der Waals surface area contributed by atoms with Gasteiger partial charge in [-0.1, -0.05) is 0 Å². The average Bonchev–Trinajstić information content (AvgIpc) is 3.50. The van der Waals surface area contributed by atoms with Crippen molar-refractivity contribution in [1.29, 1.82) is 0 Å². The van der Waals surface area contributed by atoms with Crippen molar-refractivity contribution in [2.24, 2.45) is 0 Å². The van der Waals surface area contributed by atoms with E-state index in [0.29, 0.717) is 46.6 Å². The minimum Gasteiger partial charge on any atom is -0.453 e. The molecule has 0 spiro atoms. The van der Waals surface area contributed by atoms with Crippen molar-refractivity contribution >= 4 is 22.8 Å². The summed E-state index contributed by atoms with van der Waals surface area (Å²) in [5.41, 5.74) is 1.15. The second kappa shape index (κ2) is 8.10. The number of benzene rings is 1. The van der Waals surface area contributed by atoms with Crippen LogP contribution in [0.4, 0.5) is 10.2 Å². The van der Waals surface area contributed by atoms with Crippen molar-refractivity contribution in [1.82, 2.24) is 19.7 Å². The van der Waals surface area contributed by atoms with Crippen LogP contribution in [0.25, 0.3) is 22.2 Å². The van der Waals surface area contributed by atoms with Gasteiger partial charge in [-0.25, -0.2) is 19.0 Å². The molecule has 0 atom stereocenters. The molecule has 4 heterocycles. The third-order valence-corrected chi connectivity index (χ3v) is 5.47. The number of oxazole rings is 1. The fourth-order valence-electron chi connectivity index (χ4n) is 3.66. The van der Waals surface area contributed by atoms with Gasteiger partial charge in [-0.3, -0.25) is 4.79 Å². The molecule has 0 radical (unpaired) electrons. The number of nitrogens with one attached hydrogen (secondary N) is 1. The highest BCUT2D eigenvalue weighted by molar-refractivity contribution is 6.07. The Hall–Kier alpha value is -3.99. The lowest BCUT2D eigenvalue weighted by atomic mass is 10.1. The van der Waals surface area contributed by atoms with E-state index in [2.05, 4.69) is 20.4 Å². The third-order valence-electron chi connectivity index (χ3n) is 5.47. The maximum atomic E-state index is 14.5. The van der Waals surface area contributed by atoms with E-state index in [4.69, 9.17) is 13.9 Å². The zero-order valence-electron chi connectivity index (χ0n) is 18.8. The van der Waals surface area contributed by atoms with Crippen LogP contribution in [-0.4, -0.2) is 43.2 Å². The van der Waals surface area contributed by atoms with Crippen LogP contribution < -0.4 is 14.8 Å². The van der Waals surface area contributed by atoms with Crippen LogP contribution in [0.2, 0.25) is 0 Å². The summed E-state index contributed by atoms with van der Waals surface area (Å²) < 4.78 is 31.7. The molecule has 4 aromatic rings. The molecule has 176 valence electrons. The molecule has 11 heteroatoms. The lowest BCUT2D eigenvalue weighted by molar-refractivity contribution is 0.0654. The van der Waals surface area contributed by atoms with E-state index in [1.54, 1.807) is 43.8 Å². The molecule has 1 aromatic carbocycles. The van der Waals surface area contributed by atoms with Crippen LogP contribution in [0.5, 0.6) is 11.5 Å². The van der Waals surface area contributed by atoms with Crippen molar-refractivity contribution < 1.29 is 28.2 Å². The lowest BCUT2D eigenvalue weighted by Gasteiger charge is -2.16. The van der Waals surface area contributed by atoms with E-state index in [9.17, 15) is 14.3 Å². The number of carbonyl (C=O) groups excluding carboxylic acids is 1. The number of anilines is 1. The number of aromatic nitrogens is 4. The Kier molecular flexibility index (Phi) is 5.20. The summed E-state index contributed by atoms with van der Waals surface area (Å²) in [4.78, 5) is 21.2. The molecule has 0 saturated heterocycles. The van der Waals surface area contributed by atoms with Gasteiger partial charge in [0.15, 0.2) is 29.4 Å². The van der Waals surface area contributed by atoms with Gasteiger partial charge in [0.1, 0.15) is 0 Å². The second-order valence-corrected chi connectivity index (χ2v) is 8.64. The summed E-state index contributed by atoms with van der Waals surface area (Å²) in [5, 5.41) is 17.9. The van der Waals surface area contributed by atoms with Crippen LogP contribution in [0, 0.1) is 12.7 Å². The van der Waals surface area contributed by atoms with Crippen LogP contribution in [0.15, 0.2) is 35.2 Å². The summed E-state index contributed by atoms with van der Waals surface area (Å²) in [5.74, 6) is -0.343. The molecule has 1 amide bonds. The number of rotatable bonds is 6. The monoisotopic (exact) mass is 467 g/mol. The summed E-state index contributed by atoms with van der Waals surface area (Å²) >= 11 is 0. The lowest BCUT2D eigenvalue weighted by Crippen LogP contribution is -2.21. The van der Waals surface area contributed by atoms with Gasteiger partial charge in [0.05, 0.1) is 16.7 Å². The van der Waals surface area contributed by atoms with Gasteiger partial charge in [0, 0.05) is 18.3 Å². The Morgan fingerprint density at radius 3 is 2.79 bits per heavy atom. The highest BCUT2D eigenvalue weighted by atomic mass is 19.1. The van der Waals surface area contributed by atoms with Gasteiger partial charge in [0.25, 0.3) is 5.91 Å². The minimum absolute atomic E-state index is 0.0435. The molecule has 10 nitrogen and oxygen atoms in total. The smallest absolute Gasteiger partial charge is 0.294 e. The predicted octanol–water partition coefficient (Wildman–Crippen LogP) is 3.68. The highest BCUT2D eigenvalue weighted by Crippen LogP contribution is 2.39. The first-order valence-electron chi connectivity index (χ1n) is 10.6. The number of amides is 1. The zero-order valence-corrected chi connectivity index (χ0v) is 18.8. The molecule has 5 rings (SSSR count). The number of nitrogens with zero attached hydrogens (tertiary/aromatic N) is 4. The Bertz CT molecular complexity index is 1410. The minimum atomic E-state index is -0.914. The number of aliphatic hydroxyl groups is 1. The molecule has 34 heavy (non-hydrogen) atoms. The molecule has 1 aliphatic heterocycles. The van der Waals surface area contributed by atoms with Crippen molar-refractivity contribution in [3.63, 3.8) is 0 Å². The fraction of sp³-hybridized carbons (Fsp3) is 0.304. The zero-order chi connectivity index (χ0) is 24.0. The summed E-state index contributed by atoms with van der Waals surface area (Å²) in [7, 11) is 0. The first kappa shape index (κ1) is 21.8. The average molecular weight is 467 g/mol. The molecule has 3 aromatic heterocycles. The van der Waals surface area contributed by atoms with Crippen molar-refractivity contribution in [2.75, 3.05) is 12.1 Å². The maximum absolute atomic E-state index is 14.5. The van der Waals surface area contributed by atoms with Gasteiger partial charge < -0.3 is 24.3 Å². The summed E-state index contributed by atoms with van der Waals surface area (Å²) in [6.07, 6.45) is 3.20. The molecule has 2 N–H and O–H groups in total. The Labute approximate surface area is 193 Å². The van der Waals surface area contributed by atoms with Crippen LogP contribution in [0.1, 0.15) is 36.5 Å². The number of carbonyl (C=O) groups is 1. The molecular formula is C23H22FN5O5. The number of pyridine rings is 1. The van der Waals surface area contributed by atoms with E-state index in [0.717, 1.165) is 0 Å². The topological polar surface area (TPSA) is 125 Å². The summed E-state index contributed by atoms with van der Waals surface area (Å²) in [6, 6.07) is 4.77. The predicted molar refractivity (Wildman–Crippen MR) is 119 cm³/mol. The highest BCUT2D eigenvalue weighted by Gasteiger charge is 2.23. The first-order chi connectivity index (χ1) is 16.2. The molecule has 1 aliphatic rings. The standard InChI is InChI=1S/C23H22FN5O5/c1-12-18(32-10-26-12)22(30)27-20-15-6-14(13-7-16(24)19-17(8-13)33-11-34-19)9-25-21(15)29(28-20)5-4-23(2,3)31/h6-10,31H,4-5,11H2,1-3H3,(H,27,28,30). The quantitative estimate of drug-likeness (QED) is 0.440. The van der Waals surface area contributed by atoms with E-state index in [1.807, 2.05) is 0 Å². The van der Waals surface area contributed by atoms with Crippen LogP contribution in [-0.2, 0) is 6.54 Å². The number of fused-ring (bicyclic) bond motifs is 2. The van der Waals surface area contributed by atoms with Crippen molar-refractivity contribution in [3.8, 4) is 22.6 Å². The largest absolute Gasteiger partial charge is 0.453 e. The second-order valence-electron chi connectivity index (χ2n) is 8.64. The Balaban J connectivity index is 1.57. The van der Waals surface area contributed by atoms with Gasteiger partial charge in [-0.15, -0.1) is 0 Å². The van der Waals surface area contributed by atoms with Crippen molar-refractivity contribution in [3.05, 3.63) is 48.1 Å². The fourth-order valence-corrected chi connectivity index (χ4v) is 3.66.